The van der Waals surface area contributed by atoms with E-state index in [2.05, 4.69) is 36.2 Å². The maximum atomic E-state index is 10.9. The van der Waals surface area contributed by atoms with Crippen molar-refractivity contribution in [1.82, 2.24) is 4.98 Å². The predicted molar refractivity (Wildman–Crippen MR) is 62.0 cm³/mol. The number of aryl methyl sites for hydroxylation is 2. The molecule has 1 aromatic carbocycles. The van der Waals surface area contributed by atoms with Gasteiger partial charge in [0.25, 0.3) is 0 Å². The fourth-order valence-electron chi connectivity index (χ4n) is 1.80. The van der Waals surface area contributed by atoms with Crippen LogP contribution in [-0.2, 0) is 11.2 Å². The van der Waals surface area contributed by atoms with Crippen LogP contribution in [0.5, 0.6) is 0 Å². The molecule has 0 unspecified atom stereocenters. The van der Waals surface area contributed by atoms with Gasteiger partial charge in [-0.25, -0.2) is 0 Å². The van der Waals surface area contributed by atoms with Crippen molar-refractivity contribution in [2.75, 3.05) is 0 Å². The minimum Gasteiger partial charge on any atom is -0.359 e. The zero-order valence-electron chi connectivity index (χ0n) is 9.13. The summed E-state index contributed by atoms with van der Waals surface area (Å²) in [5.41, 5.74) is 3.56. The Morgan fingerprint density at radius 2 is 2.13 bits per heavy atom. The maximum Gasteiger partial charge on any atom is 0.130 e. The number of H-pyrrole nitrogens is 1. The summed E-state index contributed by atoms with van der Waals surface area (Å²) in [5.74, 6) is 0.248. The lowest BCUT2D eigenvalue weighted by molar-refractivity contribution is -0.116. The van der Waals surface area contributed by atoms with E-state index in [0.717, 1.165) is 11.9 Å². The van der Waals surface area contributed by atoms with E-state index in [1.807, 2.05) is 0 Å². The number of aromatic nitrogens is 1. The molecule has 1 heterocycles. The molecular formula is C13H15NO. The summed E-state index contributed by atoms with van der Waals surface area (Å²) in [7, 11) is 0. The fourth-order valence-corrected chi connectivity index (χ4v) is 1.80. The molecule has 0 amide bonds. The molecule has 0 aliphatic heterocycles. The Morgan fingerprint density at radius 3 is 2.87 bits per heavy atom. The van der Waals surface area contributed by atoms with Crippen molar-refractivity contribution < 1.29 is 4.79 Å². The molecule has 0 saturated heterocycles. The summed E-state index contributed by atoms with van der Waals surface area (Å²) in [4.78, 5) is 14.2. The monoisotopic (exact) mass is 201 g/mol. The van der Waals surface area contributed by atoms with Crippen LogP contribution >= 0.6 is 0 Å². The second-order valence-corrected chi connectivity index (χ2v) is 4.08. The van der Waals surface area contributed by atoms with Gasteiger partial charge in [-0.1, -0.05) is 12.1 Å². The molecule has 2 nitrogen and oxygen atoms in total. The van der Waals surface area contributed by atoms with E-state index in [1.54, 1.807) is 6.92 Å². The number of rotatable bonds is 3. The normalized spacial score (nSPS) is 10.8. The molecule has 0 radical (unpaired) electrons. The molecule has 0 aliphatic rings. The average Bonchev–Trinajstić information content (AvgIpc) is 2.53. The van der Waals surface area contributed by atoms with Crippen LogP contribution in [0.25, 0.3) is 10.9 Å². The van der Waals surface area contributed by atoms with E-state index in [1.165, 1.54) is 16.6 Å². The smallest absolute Gasteiger partial charge is 0.130 e. The summed E-state index contributed by atoms with van der Waals surface area (Å²) in [6.07, 6.45) is 1.47. The van der Waals surface area contributed by atoms with Crippen LogP contribution in [0, 0.1) is 6.92 Å². The molecule has 0 aliphatic carbocycles. The number of ketones is 1. The number of nitrogens with one attached hydrogen (secondary N) is 1. The Morgan fingerprint density at radius 1 is 1.33 bits per heavy atom. The molecule has 1 N–H and O–H groups in total. The summed E-state index contributed by atoms with van der Waals surface area (Å²) in [6, 6.07) is 8.46. The van der Waals surface area contributed by atoms with Gasteiger partial charge in [-0.15, -0.1) is 0 Å². The minimum absolute atomic E-state index is 0.248. The zero-order chi connectivity index (χ0) is 10.8. The lowest BCUT2D eigenvalue weighted by Crippen LogP contribution is -1.93. The van der Waals surface area contributed by atoms with Crippen LogP contribution in [0.4, 0.5) is 0 Å². The first-order valence-electron chi connectivity index (χ1n) is 5.23. The molecule has 0 saturated carbocycles. The Balaban J connectivity index is 2.26. The summed E-state index contributed by atoms with van der Waals surface area (Å²) in [5, 5.41) is 1.24. The van der Waals surface area contributed by atoms with Crippen molar-refractivity contribution in [3.05, 3.63) is 35.5 Å². The van der Waals surface area contributed by atoms with E-state index in [4.69, 9.17) is 0 Å². The van der Waals surface area contributed by atoms with Gasteiger partial charge in [-0.2, -0.15) is 0 Å². The third-order valence-electron chi connectivity index (χ3n) is 2.59. The highest BCUT2D eigenvalue weighted by atomic mass is 16.1. The van der Waals surface area contributed by atoms with Gasteiger partial charge in [-0.05, 0) is 43.4 Å². The van der Waals surface area contributed by atoms with Gasteiger partial charge >= 0.3 is 0 Å². The van der Waals surface area contributed by atoms with Crippen molar-refractivity contribution in [2.24, 2.45) is 0 Å². The van der Waals surface area contributed by atoms with Gasteiger partial charge in [-0.3, -0.25) is 0 Å². The molecule has 2 heteroatoms. The van der Waals surface area contributed by atoms with Gasteiger partial charge < -0.3 is 9.78 Å². The minimum atomic E-state index is 0.248. The third kappa shape index (κ3) is 2.27. The molecule has 0 spiro atoms. The van der Waals surface area contributed by atoms with Crippen LogP contribution in [-0.4, -0.2) is 10.8 Å². The molecule has 1 aromatic heterocycles. The van der Waals surface area contributed by atoms with Gasteiger partial charge in [0.05, 0.1) is 0 Å². The number of Topliss-reactive ketones (excluding diaryl/α,β-unsaturated/α-hetero) is 1. The molecule has 0 bridgehead atoms. The number of benzene rings is 1. The largest absolute Gasteiger partial charge is 0.359 e. The van der Waals surface area contributed by atoms with E-state index in [0.29, 0.717) is 6.42 Å². The molecule has 2 aromatic rings. The molecule has 0 atom stereocenters. The number of carbonyl (C=O) groups is 1. The second-order valence-electron chi connectivity index (χ2n) is 4.08. The SMILES string of the molecule is CC(=O)CCc1ccc2cc(C)[nH]c2c1. The van der Waals surface area contributed by atoms with Crippen molar-refractivity contribution in [2.45, 2.75) is 26.7 Å². The van der Waals surface area contributed by atoms with Crippen LogP contribution < -0.4 is 0 Å². The Hall–Kier alpha value is -1.57. The number of fused-ring (bicyclic) bond motifs is 1. The van der Waals surface area contributed by atoms with Crippen molar-refractivity contribution in [1.29, 1.82) is 0 Å². The molecular weight excluding hydrogens is 186 g/mol. The van der Waals surface area contributed by atoms with E-state index < -0.39 is 0 Å². The first kappa shape index (κ1) is 9.97. The van der Waals surface area contributed by atoms with Crippen LogP contribution in [0.15, 0.2) is 24.3 Å². The van der Waals surface area contributed by atoms with Crippen LogP contribution in [0.3, 0.4) is 0 Å². The van der Waals surface area contributed by atoms with Crippen LogP contribution in [0.2, 0.25) is 0 Å². The molecule has 2 rings (SSSR count). The molecule has 78 valence electrons. The summed E-state index contributed by atoms with van der Waals surface area (Å²) in [6.45, 7) is 3.69. The molecule has 0 fully saturated rings. The van der Waals surface area contributed by atoms with E-state index in [9.17, 15) is 4.79 Å². The number of hydrogen-bond acceptors (Lipinski definition) is 1. The van der Waals surface area contributed by atoms with Gasteiger partial charge in [0.15, 0.2) is 0 Å². The standard InChI is InChI=1S/C13H15NO/c1-9-7-12-6-5-11(4-3-10(2)15)8-13(12)14-9/h5-8,14H,3-4H2,1-2H3. The highest BCUT2D eigenvalue weighted by molar-refractivity contribution is 5.81. The zero-order valence-corrected chi connectivity index (χ0v) is 9.13. The lowest BCUT2D eigenvalue weighted by atomic mass is 10.1. The van der Waals surface area contributed by atoms with Crippen molar-refractivity contribution in [3.63, 3.8) is 0 Å². The average molecular weight is 201 g/mol. The lowest BCUT2D eigenvalue weighted by Gasteiger charge is -1.99. The number of hydrogen-bond donors (Lipinski definition) is 1. The quantitative estimate of drug-likeness (QED) is 0.813. The Kier molecular flexibility index (Phi) is 2.58. The molecule has 15 heavy (non-hydrogen) atoms. The Labute approximate surface area is 89.3 Å². The predicted octanol–water partition coefficient (Wildman–Crippen LogP) is 3.00. The van der Waals surface area contributed by atoms with Gasteiger partial charge in [0.1, 0.15) is 5.78 Å². The fraction of sp³-hybridized carbons (Fsp3) is 0.308. The van der Waals surface area contributed by atoms with Gasteiger partial charge in [0, 0.05) is 17.6 Å². The highest BCUT2D eigenvalue weighted by Gasteiger charge is 2.00. The summed E-state index contributed by atoms with van der Waals surface area (Å²) < 4.78 is 0. The maximum absolute atomic E-state index is 10.9. The second kappa shape index (κ2) is 3.89. The first-order chi connectivity index (χ1) is 7.15. The number of carbonyl (C=O) groups excluding carboxylic acids is 1. The van der Waals surface area contributed by atoms with Crippen molar-refractivity contribution in [3.8, 4) is 0 Å². The van der Waals surface area contributed by atoms with E-state index in [-0.39, 0.29) is 5.78 Å². The van der Waals surface area contributed by atoms with Crippen LogP contribution in [0.1, 0.15) is 24.6 Å². The third-order valence-corrected chi connectivity index (χ3v) is 2.59. The topological polar surface area (TPSA) is 32.9 Å². The number of aromatic amines is 1. The summed E-state index contributed by atoms with van der Waals surface area (Å²) >= 11 is 0. The van der Waals surface area contributed by atoms with Gasteiger partial charge in [0.2, 0.25) is 0 Å². The highest BCUT2D eigenvalue weighted by Crippen LogP contribution is 2.17. The van der Waals surface area contributed by atoms with Crippen molar-refractivity contribution >= 4 is 16.7 Å². The first-order valence-corrected chi connectivity index (χ1v) is 5.23. The van der Waals surface area contributed by atoms with E-state index >= 15 is 0 Å². The Bertz CT molecular complexity index is 496.